The summed E-state index contributed by atoms with van der Waals surface area (Å²) in [6.45, 7) is 0.539. The molecular weight excluding hydrogens is 386 g/mol. The van der Waals surface area contributed by atoms with Gasteiger partial charge >= 0.3 is 0 Å². The monoisotopic (exact) mass is 411 g/mol. The molecule has 3 amide bonds. The zero-order valence-corrected chi connectivity index (χ0v) is 17.0. The molecule has 0 saturated carbocycles. The van der Waals surface area contributed by atoms with Crippen molar-refractivity contribution in [3.05, 3.63) is 66.2 Å². The first kappa shape index (κ1) is 20.9. The van der Waals surface area contributed by atoms with Crippen LogP contribution in [0.5, 0.6) is 0 Å². The minimum Gasteiger partial charge on any atom is -0.333 e. The van der Waals surface area contributed by atoms with Crippen LogP contribution in [0.1, 0.15) is 36.5 Å². The van der Waals surface area contributed by atoms with E-state index in [9.17, 15) is 14.4 Å². The number of thioether (sulfide) groups is 1. The van der Waals surface area contributed by atoms with Crippen molar-refractivity contribution in [2.75, 3.05) is 13.1 Å². The number of carbonyl (C=O) groups excluding carboxylic acids is 3. The van der Waals surface area contributed by atoms with Gasteiger partial charge in [0.2, 0.25) is 5.91 Å². The molecule has 0 bridgehead atoms. The van der Waals surface area contributed by atoms with Crippen molar-refractivity contribution in [1.82, 2.24) is 15.8 Å². The van der Waals surface area contributed by atoms with E-state index in [-0.39, 0.29) is 18.4 Å². The van der Waals surface area contributed by atoms with Gasteiger partial charge in [0.15, 0.2) is 0 Å². The average Bonchev–Trinajstić information content (AvgIpc) is 2.96. The Labute approximate surface area is 175 Å². The Morgan fingerprint density at radius 3 is 2.34 bits per heavy atom. The topological polar surface area (TPSA) is 78.5 Å². The summed E-state index contributed by atoms with van der Waals surface area (Å²) >= 11 is 1.41. The van der Waals surface area contributed by atoms with Gasteiger partial charge < -0.3 is 4.90 Å². The number of benzene rings is 2. The van der Waals surface area contributed by atoms with E-state index < -0.39 is 11.2 Å². The molecule has 3 rings (SSSR count). The standard InChI is InChI=1S/C22H25N3O3S/c26-19(16-25-15-9-3-8-14-20(25)27)23-24-22(28)21(17-10-4-1-5-11-17)29-18-12-6-2-7-13-18/h1-2,4-7,10-13,21H,3,8-9,14-16H2,(H,23,26)(H,24,28)/t21-/m1/s1. The van der Waals surface area contributed by atoms with E-state index in [1.165, 1.54) is 11.8 Å². The molecule has 1 aliphatic heterocycles. The van der Waals surface area contributed by atoms with Crippen LogP contribution in [0.25, 0.3) is 0 Å². The molecular formula is C22H25N3O3S. The summed E-state index contributed by atoms with van der Waals surface area (Å²) in [7, 11) is 0. The molecule has 6 nitrogen and oxygen atoms in total. The van der Waals surface area contributed by atoms with Crippen LogP contribution < -0.4 is 10.9 Å². The summed E-state index contributed by atoms with van der Waals surface area (Å²) in [5.41, 5.74) is 5.83. The van der Waals surface area contributed by atoms with Crippen molar-refractivity contribution in [3.63, 3.8) is 0 Å². The molecule has 0 unspecified atom stereocenters. The fourth-order valence-corrected chi connectivity index (χ4v) is 4.20. The van der Waals surface area contributed by atoms with E-state index >= 15 is 0 Å². The van der Waals surface area contributed by atoms with Gasteiger partial charge in [-0.2, -0.15) is 0 Å². The lowest BCUT2D eigenvalue weighted by atomic mass is 10.1. The van der Waals surface area contributed by atoms with Gasteiger partial charge in [-0.3, -0.25) is 25.2 Å². The number of amides is 3. The van der Waals surface area contributed by atoms with Gasteiger partial charge in [-0.15, -0.1) is 11.8 Å². The summed E-state index contributed by atoms with van der Waals surface area (Å²) in [5.74, 6) is -0.725. The van der Waals surface area contributed by atoms with Gasteiger partial charge in [-0.05, 0) is 30.5 Å². The molecule has 2 aromatic carbocycles. The second kappa shape index (κ2) is 10.7. The molecule has 1 fully saturated rings. The van der Waals surface area contributed by atoms with E-state index in [0.29, 0.717) is 13.0 Å². The molecule has 1 saturated heterocycles. The van der Waals surface area contributed by atoms with Crippen molar-refractivity contribution < 1.29 is 14.4 Å². The summed E-state index contributed by atoms with van der Waals surface area (Å²) in [6.07, 6.45) is 3.23. The fourth-order valence-electron chi connectivity index (χ4n) is 3.15. The van der Waals surface area contributed by atoms with Crippen molar-refractivity contribution in [2.24, 2.45) is 0 Å². The lowest BCUT2D eigenvalue weighted by molar-refractivity contribution is -0.136. The summed E-state index contributed by atoms with van der Waals surface area (Å²) in [6, 6.07) is 19.1. The number of hydrogen-bond donors (Lipinski definition) is 2. The number of nitrogens with zero attached hydrogens (tertiary/aromatic N) is 1. The summed E-state index contributed by atoms with van der Waals surface area (Å²) in [4.78, 5) is 39.7. The lowest BCUT2D eigenvalue weighted by Crippen LogP contribution is -2.48. The van der Waals surface area contributed by atoms with Crippen molar-refractivity contribution in [3.8, 4) is 0 Å². The van der Waals surface area contributed by atoms with E-state index in [1.807, 2.05) is 60.7 Å². The van der Waals surface area contributed by atoms with Crippen LogP contribution in [-0.2, 0) is 14.4 Å². The molecule has 1 aliphatic rings. The smallest absolute Gasteiger partial charge is 0.257 e. The maximum atomic E-state index is 12.8. The third-order valence-electron chi connectivity index (χ3n) is 4.67. The first-order valence-electron chi connectivity index (χ1n) is 9.76. The average molecular weight is 412 g/mol. The van der Waals surface area contributed by atoms with Gasteiger partial charge in [0, 0.05) is 17.9 Å². The molecule has 0 spiro atoms. The molecule has 0 radical (unpaired) electrons. The Hall–Kier alpha value is -2.80. The van der Waals surface area contributed by atoms with Gasteiger partial charge in [-0.1, -0.05) is 55.0 Å². The third-order valence-corrected chi connectivity index (χ3v) is 5.93. The maximum absolute atomic E-state index is 12.8. The van der Waals surface area contributed by atoms with E-state index in [2.05, 4.69) is 10.9 Å². The highest BCUT2D eigenvalue weighted by atomic mass is 32.2. The minimum atomic E-state index is -0.515. The second-order valence-electron chi connectivity index (χ2n) is 6.89. The highest BCUT2D eigenvalue weighted by molar-refractivity contribution is 8.00. The van der Waals surface area contributed by atoms with Gasteiger partial charge in [0.1, 0.15) is 11.8 Å². The second-order valence-corrected chi connectivity index (χ2v) is 8.06. The van der Waals surface area contributed by atoms with E-state index in [1.54, 1.807) is 4.90 Å². The zero-order valence-electron chi connectivity index (χ0n) is 16.2. The summed E-state index contributed by atoms with van der Waals surface area (Å²) < 4.78 is 0. The molecule has 2 aromatic rings. The van der Waals surface area contributed by atoms with Gasteiger partial charge in [0.25, 0.3) is 11.8 Å². The van der Waals surface area contributed by atoms with Crippen molar-refractivity contribution in [2.45, 2.75) is 35.8 Å². The quantitative estimate of drug-likeness (QED) is 0.566. The molecule has 1 atom stereocenters. The number of nitrogens with one attached hydrogen (secondary N) is 2. The van der Waals surface area contributed by atoms with Gasteiger partial charge in [-0.25, -0.2) is 0 Å². The van der Waals surface area contributed by atoms with Crippen molar-refractivity contribution in [1.29, 1.82) is 0 Å². The van der Waals surface area contributed by atoms with E-state index in [4.69, 9.17) is 0 Å². The van der Waals surface area contributed by atoms with Crippen LogP contribution in [0.15, 0.2) is 65.6 Å². The largest absolute Gasteiger partial charge is 0.333 e. The Morgan fingerprint density at radius 1 is 0.931 bits per heavy atom. The fraction of sp³-hybridized carbons (Fsp3) is 0.318. The Bertz CT molecular complexity index is 830. The predicted octanol–water partition coefficient (Wildman–Crippen LogP) is 3.07. The van der Waals surface area contributed by atoms with Crippen LogP contribution >= 0.6 is 11.8 Å². The number of hydrogen-bond acceptors (Lipinski definition) is 4. The lowest BCUT2D eigenvalue weighted by Gasteiger charge is -2.21. The maximum Gasteiger partial charge on any atom is 0.257 e. The van der Waals surface area contributed by atoms with Crippen LogP contribution in [0, 0.1) is 0 Å². The first-order valence-corrected chi connectivity index (χ1v) is 10.6. The predicted molar refractivity (Wildman–Crippen MR) is 113 cm³/mol. The SMILES string of the molecule is O=C(CN1CCCCCC1=O)NNC(=O)[C@H](Sc1ccccc1)c1ccccc1. The molecule has 152 valence electrons. The highest BCUT2D eigenvalue weighted by Gasteiger charge is 2.23. The minimum absolute atomic E-state index is 0.00854. The Kier molecular flexibility index (Phi) is 7.69. The molecule has 29 heavy (non-hydrogen) atoms. The van der Waals surface area contributed by atoms with Crippen LogP contribution in [0.4, 0.5) is 0 Å². The number of carbonyl (C=O) groups is 3. The van der Waals surface area contributed by atoms with Crippen molar-refractivity contribution >= 4 is 29.5 Å². The Morgan fingerprint density at radius 2 is 1.62 bits per heavy atom. The molecule has 7 heteroatoms. The highest BCUT2D eigenvalue weighted by Crippen LogP contribution is 2.35. The number of rotatable bonds is 6. The van der Waals surface area contributed by atoms with Crippen LogP contribution in [-0.4, -0.2) is 35.7 Å². The normalized spacial score (nSPS) is 15.3. The number of likely N-dealkylation sites (tertiary alicyclic amines) is 1. The molecule has 1 heterocycles. The molecule has 2 N–H and O–H groups in total. The van der Waals surface area contributed by atoms with Crippen LogP contribution in [0.2, 0.25) is 0 Å². The van der Waals surface area contributed by atoms with E-state index in [0.717, 1.165) is 29.7 Å². The first-order chi connectivity index (χ1) is 14.1. The third kappa shape index (κ3) is 6.35. The Balaban J connectivity index is 1.60. The summed E-state index contributed by atoms with van der Waals surface area (Å²) in [5, 5.41) is -0.515. The van der Waals surface area contributed by atoms with Gasteiger partial charge in [0.05, 0.1) is 0 Å². The number of hydrazine groups is 1. The zero-order chi connectivity index (χ0) is 20.5. The van der Waals surface area contributed by atoms with Crippen LogP contribution in [0.3, 0.4) is 0 Å². The molecule has 0 aromatic heterocycles. The molecule has 0 aliphatic carbocycles.